The highest BCUT2D eigenvalue weighted by Crippen LogP contribution is 2.27. The fraction of sp³-hybridized carbons (Fsp3) is 0.542. The SMILES string of the molecule is COc1cccc(F)c1NC(=O)C(=O)N[C@@H](CC(C)C)C(=O)N[C@@H](C[C@@H]1CCNC1=O)C(=O)COC(F)(F)F. The van der Waals surface area contributed by atoms with Gasteiger partial charge in [-0.2, -0.15) is 0 Å². The van der Waals surface area contributed by atoms with Crippen LogP contribution < -0.4 is 26.0 Å². The molecule has 3 atom stereocenters. The van der Waals surface area contributed by atoms with Gasteiger partial charge in [-0.3, -0.25) is 28.7 Å². The Morgan fingerprint density at radius 1 is 1.10 bits per heavy atom. The van der Waals surface area contributed by atoms with E-state index in [0.717, 1.165) is 6.07 Å². The number of carbonyl (C=O) groups excluding carboxylic acids is 5. The molecule has 0 aromatic heterocycles. The zero-order chi connectivity index (χ0) is 29.3. The number of nitrogens with one attached hydrogen (secondary N) is 4. The van der Waals surface area contributed by atoms with E-state index in [2.05, 4.69) is 26.0 Å². The van der Waals surface area contributed by atoms with Crippen molar-refractivity contribution in [3.05, 3.63) is 24.0 Å². The van der Waals surface area contributed by atoms with E-state index in [4.69, 9.17) is 4.74 Å². The Morgan fingerprint density at radius 3 is 2.36 bits per heavy atom. The minimum atomic E-state index is -5.10. The van der Waals surface area contributed by atoms with E-state index >= 15 is 0 Å². The maximum atomic E-state index is 14.1. The monoisotopic (exact) mass is 562 g/mol. The van der Waals surface area contributed by atoms with Gasteiger partial charge in [0, 0.05) is 12.5 Å². The lowest BCUT2D eigenvalue weighted by molar-refractivity contribution is -0.321. The topological polar surface area (TPSA) is 152 Å². The first-order chi connectivity index (χ1) is 18.2. The van der Waals surface area contributed by atoms with Crippen LogP contribution in [-0.4, -0.2) is 68.1 Å². The average Bonchev–Trinajstić information content (AvgIpc) is 3.26. The zero-order valence-electron chi connectivity index (χ0n) is 21.4. The summed E-state index contributed by atoms with van der Waals surface area (Å²) in [6.45, 7) is 2.28. The molecule has 1 aliphatic heterocycles. The zero-order valence-corrected chi connectivity index (χ0v) is 21.4. The minimum Gasteiger partial charge on any atom is -0.494 e. The highest BCUT2D eigenvalue weighted by atomic mass is 19.4. The molecule has 1 fully saturated rings. The van der Waals surface area contributed by atoms with Gasteiger partial charge in [-0.1, -0.05) is 19.9 Å². The number of rotatable bonds is 12. The summed E-state index contributed by atoms with van der Waals surface area (Å²) in [6.07, 6.45) is -5.13. The number of hydrogen-bond acceptors (Lipinski definition) is 7. The number of anilines is 1. The van der Waals surface area contributed by atoms with Crippen molar-refractivity contribution in [2.24, 2.45) is 11.8 Å². The van der Waals surface area contributed by atoms with Gasteiger partial charge in [-0.05, 0) is 37.3 Å². The van der Waals surface area contributed by atoms with Crippen LogP contribution in [0.2, 0.25) is 0 Å². The number of Topliss-reactive ketones (excluding diaryl/α,β-unsaturated/α-hetero) is 1. The molecule has 0 aliphatic carbocycles. The van der Waals surface area contributed by atoms with Crippen molar-refractivity contribution in [1.29, 1.82) is 0 Å². The number of para-hydroxylation sites is 1. The molecule has 4 amide bonds. The van der Waals surface area contributed by atoms with Gasteiger partial charge in [-0.15, -0.1) is 13.2 Å². The van der Waals surface area contributed by atoms with Crippen LogP contribution in [0.4, 0.5) is 23.2 Å². The number of hydrogen-bond donors (Lipinski definition) is 4. The first-order valence-corrected chi connectivity index (χ1v) is 12.0. The predicted molar refractivity (Wildman–Crippen MR) is 128 cm³/mol. The lowest BCUT2D eigenvalue weighted by atomic mass is 9.95. The fourth-order valence-electron chi connectivity index (χ4n) is 3.84. The van der Waals surface area contributed by atoms with Crippen LogP contribution in [0.25, 0.3) is 0 Å². The Morgan fingerprint density at radius 2 is 1.79 bits per heavy atom. The smallest absolute Gasteiger partial charge is 0.494 e. The van der Waals surface area contributed by atoms with Gasteiger partial charge >= 0.3 is 18.2 Å². The lowest BCUT2D eigenvalue weighted by Crippen LogP contribution is -2.54. The lowest BCUT2D eigenvalue weighted by Gasteiger charge is -2.25. The summed E-state index contributed by atoms with van der Waals surface area (Å²) >= 11 is 0. The van der Waals surface area contributed by atoms with Crippen LogP contribution in [0.15, 0.2) is 18.2 Å². The van der Waals surface area contributed by atoms with Crippen LogP contribution >= 0.6 is 0 Å². The third-order valence-electron chi connectivity index (χ3n) is 5.74. The van der Waals surface area contributed by atoms with Crippen LogP contribution in [0.3, 0.4) is 0 Å². The molecule has 4 N–H and O–H groups in total. The van der Waals surface area contributed by atoms with E-state index in [9.17, 15) is 41.5 Å². The van der Waals surface area contributed by atoms with E-state index in [1.807, 2.05) is 0 Å². The Hall–Kier alpha value is -3.75. The number of carbonyl (C=O) groups is 5. The Bertz CT molecular complexity index is 1080. The van der Waals surface area contributed by atoms with Gasteiger partial charge in [-0.25, -0.2) is 4.39 Å². The molecule has 0 unspecified atom stereocenters. The predicted octanol–water partition coefficient (Wildman–Crippen LogP) is 1.42. The molecule has 0 bridgehead atoms. The highest BCUT2D eigenvalue weighted by molar-refractivity contribution is 6.40. The summed E-state index contributed by atoms with van der Waals surface area (Å²) in [5, 5.41) is 9.08. The van der Waals surface area contributed by atoms with Gasteiger partial charge in [0.25, 0.3) is 0 Å². The molecular formula is C24H30F4N4O7. The summed E-state index contributed by atoms with van der Waals surface area (Å²) in [6, 6.07) is 0.740. The average molecular weight is 563 g/mol. The Kier molecular flexibility index (Phi) is 11.2. The number of ether oxygens (including phenoxy) is 2. The van der Waals surface area contributed by atoms with Crippen molar-refractivity contribution in [2.75, 3.05) is 25.6 Å². The summed E-state index contributed by atoms with van der Waals surface area (Å²) in [5.74, 6) is -7.10. The van der Waals surface area contributed by atoms with E-state index < -0.39 is 71.9 Å². The first kappa shape index (κ1) is 31.5. The third kappa shape index (κ3) is 9.81. The number of halogens is 4. The number of amides is 4. The van der Waals surface area contributed by atoms with Crippen LogP contribution in [0.1, 0.15) is 33.1 Å². The molecule has 15 heteroatoms. The van der Waals surface area contributed by atoms with Gasteiger partial charge in [0.1, 0.15) is 24.1 Å². The number of ketones is 1. The molecule has 1 heterocycles. The molecule has 0 radical (unpaired) electrons. The second kappa shape index (κ2) is 13.9. The molecule has 1 aromatic carbocycles. The van der Waals surface area contributed by atoms with Crippen LogP contribution in [-0.2, 0) is 28.7 Å². The first-order valence-electron chi connectivity index (χ1n) is 12.0. The second-order valence-electron chi connectivity index (χ2n) is 9.20. The molecule has 216 valence electrons. The molecule has 2 rings (SSSR count). The molecule has 1 aliphatic rings. The standard InChI is InChI=1S/C24H30F4N4O7/c1-12(2)9-16(31-22(36)23(37)32-19-14(25)5-4-6-18(19)38-3)21(35)30-15(10-13-7-8-29-20(13)34)17(33)11-39-24(26,27)28/h4-6,12-13,15-16H,7-11H2,1-3H3,(H,29,34)(H,30,35)(H,31,36)(H,32,37)/t13-,15-,16-/m0/s1. The van der Waals surface area contributed by atoms with E-state index in [1.54, 1.807) is 13.8 Å². The molecule has 0 spiro atoms. The van der Waals surface area contributed by atoms with Crippen LogP contribution in [0.5, 0.6) is 5.75 Å². The van der Waals surface area contributed by atoms with Crippen LogP contribution in [0, 0.1) is 17.7 Å². The largest absolute Gasteiger partial charge is 0.522 e. The van der Waals surface area contributed by atoms with Gasteiger partial charge in [0.05, 0.1) is 13.2 Å². The fourth-order valence-corrected chi connectivity index (χ4v) is 3.84. The van der Waals surface area contributed by atoms with Crippen molar-refractivity contribution in [3.8, 4) is 5.75 Å². The van der Waals surface area contributed by atoms with Crippen molar-refractivity contribution in [3.63, 3.8) is 0 Å². The molecular weight excluding hydrogens is 532 g/mol. The van der Waals surface area contributed by atoms with Crippen molar-refractivity contribution >= 4 is 35.1 Å². The van der Waals surface area contributed by atoms with Gasteiger partial charge in [0.15, 0.2) is 11.6 Å². The molecule has 0 saturated carbocycles. The molecule has 11 nitrogen and oxygen atoms in total. The molecule has 1 aromatic rings. The normalized spacial score (nSPS) is 16.7. The minimum absolute atomic E-state index is 0.0300. The van der Waals surface area contributed by atoms with E-state index in [1.165, 1.54) is 19.2 Å². The number of benzene rings is 1. The maximum Gasteiger partial charge on any atom is 0.522 e. The second-order valence-corrected chi connectivity index (χ2v) is 9.20. The maximum absolute atomic E-state index is 14.1. The highest BCUT2D eigenvalue weighted by Gasteiger charge is 2.36. The number of alkyl halides is 3. The summed E-state index contributed by atoms with van der Waals surface area (Å²) < 4.78 is 60.1. The summed E-state index contributed by atoms with van der Waals surface area (Å²) in [7, 11) is 1.22. The van der Waals surface area contributed by atoms with E-state index in [-0.39, 0.29) is 24.5 Å². The Labute approximate surface area is 221 Å². The quantitative estimate of drug-likeness (QED) is 0.222. The van der Waals surface area contributed by atoms with Crippen molar-refractivity contribution < 1.29 is 51.0 Å². The third-order valence-corrected chi connectivity index (χ3v) is 5.74. The van der Waals surface area contributed by atoms with Gasteiger partial charge < -0.3 is 26.0 Å². The van der Waals surface area contributed by atoms with E-state index in [0.29, 0.717) is 13.0 Å². The van der Waals surface area contributed by atoms with Crippen molar-refractivity contribution in [1.82, 2.24) is 16.0 Å². The number of methoxy groups -OCH3 is 1. The summed E-state index contributed by atoms with van der Waals surface area (Å²) in [5.41, 5.74) is -0.407. The molecule has 39 heavy (non-hydrogen) atoms. The van der Waals surface area contributed by atoms with Crippen molar-refractivity contribution in [2.45, 2.75) is 51.6 Å². The van der Waals surface area contributed by atoms with Gasteiger partial charge in [0.2, 0.25) is 11.8 Å². The Balaban J connectivity index is 2.17. The molecule has 1 saturated heterocycles. The summed E-state index contributed by atoms with van der Waals surface area (Å²) in [4.78, 5) is 62.6.